The van der Waals surface area contributed by atoms with Crippen molar-refractivity contribution in [3.63, 3.8) is 0 Å². The molecule has 0 saturated carbocycles. The maximum Gasteiger partial charge on any atom is 0.320 e. The Morgan fingerprint density at radius 3 is 2.35 bits per heavy atom. The molecule has 2 aliphatic heterocycles. The third-order valence-electron chi connectivity index (χ3n) is 6.24. The van der Waals surface area contributed by atoms with E-state index < -0.39 is 18.1 Å². The highest BCUT2D eigenvalue weighted by atomic mass is 16.5. The minimum absolute atomic E-state index is 0.00403. The van der Waals surface area contributed by atoms with Crippen molar-refractivity contribution in [2.24, 2.45) is 0 Å². The van der Waals surface area contributed by atoms with Crippen molar-refractivity contribution in [2.45, 2.75) is 25.0 Å². The Bertz CT molecular complexity index is 963. The lowest BCUT2D eigenvalue weighted by Gasteiger charge is -2.31. The van der Waals surface area contributed by atoms with Crippen molar-refractivity contribution in [3.8, 4) is 0 Å². The third-order valence-corrected chi connectivity index (χ3v) is 6.24. The number of carbonyl (C=O) groups is 3. The molecule has 2 aliphatic rings. The monoisotopic (exact) mass is 465 g/mol. The summed E-state index contributed by atoms with van der Waals surface area (Å²) < 4.78 is 11.3. The van der Waals surface area contributed by atoms with Crippen LogP contribution in [0.25, 0.3) is 0 Å². The zero-order valence-electron chi connectivity index (χ0n) is 19.2. The van der Waals surface area contributed by atoms with Crippen molar-refractivity contribution in [1.82, 2.24) is 15.1 Å². The molecule has 1 unspecified atom stereocenters. The average molecular weight is 466 g/mol. The Morgan fingerprint density at radius 2 is 1.65 bits per heavy atom. The first-order valence-corrected chi connectivity index (χ1v) is 11.8. The fourth-order valence-electron chi connectivity index (χ4n) is 4.43. The van der Waals surface area contributed by atoms with E-state index in [0.717, 1.165) is 25.1 Å². The van der Waals surface area contributed by atoms with E-state index in [4.69, 9.17) is 9.47 Å². The second-order valence-electron chi connectivity index (χ2n) is 8.62. The van der Waals surface area contributed by atoms with Crippen LogP contribution in [0.1, 0.15) is 34.9 Å². The number of hydrogen-bond acceptors (Lipinski definition) is 7. The van der Waals surface area contributed by atoms with E-state index in [1.807, 2.05) is 36.4 Å². The van der Waals surface area contributed by atoms with Crippen LogP contribution < -0.4 is 5.32 Å². The van der Waals surface area contributed by atoms with E-state index in [9.17, 15) is 14.4 Å². The Balaban J connectivity index is 1.35. The van der Waals surface area contributed by atoms with Crippen LogP contribution in [-0.4, -0.2) is 79.6 Å². The normalized spacial score (nSPS) is 19.9. The minimum Gasteiger partial charge on any atom is -0.455 e. The van der Waals surface area contributed by atoms with Crippen molar-refractivity contribution >= 4 is 17.8 Å². The lowest BCUT2D eigenvalue weighted by molar-refractivity contribution is -0.152. The number of ether oxygens (including phenoxy) is 2. The summed E-state index contributed by atoms with van der Waals surface area (Å²) in [5, 5.41) is 2.47. The quantitative estimate of drug-likeness (QED) is 0.471. The molecule has 2 fully saturated rings. The topological polar surface area (TPSA) is 88.2 Å². The van der Waals surface area contributed by atoms with Gasteiger partial charge in [-0.05, 0) is 37.1 Å². The molecular weight excluding hydrogens is 434 g/mol. The molecule has 180 valence electrons. The van der Waals surface area contributed by atoms with Crippen LogP contribution in [0, 0.1) is 0 Å². The summed E-state index contributed by atoms with van der Waals surface area (Å²) >= 11 is 0. The van der Waals surface area contributed by atoms with Gasteiger partial charge in [-0.15, -0.1) is 0 Å². The van der Waals surface area contributed by atoms with Crippen molar-refractivity contribution < 1.29 is 23.9 Å². The molecule has 1 N–H and O–H groups in total. The summed E-state index contributed by atoms with van der Waals surface area (Å²) in [6.45, 7) is 4.13. The average Bonchev–Trinajstić information content (AvgIpc) is 3.33. The van der Waals surface area contributed by atoms with Crippen molar-refractivity contribution in [3.05, 3.63) is 71.8 Å². The molecule has 2 heterocycles. The number of imide groups is 1. The highest BCUT2D eigenvalue weighted by molar-refractivity contribution is 6.06. The predicted molar refractivity (Wildman–Crippen MR) is 126 cm³/mol. The van der Waals surface area contributed by atoms with Crippen molar-refractivity contribution in [2.75, 3.05) is 45.9 Å². The molecule has 2 aromatic carbocycles. The summed E-state index contributed by atoms with van der Waals surface area (Å²) in [6, 6.07) is 17.8. The highest BCUT2D eigenvalue weighted by Gasteiger charge is 2.34. The van der Waals surface area contributed by atoms with Gasteiger partial charge in [0.1, 0.15) is 6.10 Å². The second kappa shape index (κ2) is 11.9. The van der Waals surface area contributed by atoms with E-state index >= 15 is 0 Å². The molecule has 8 heteroatoms. The lowest BCUT2D eigenvalue weighted by atomic mass is 10.1. The fourth-order valence-corrected chi connectivity index (χ4v) is 4.43. The maximum atomic E-state index is 12.9. The molecule has 2 aromatic rings. The van der Waals surface area contributed by atoms with Gasteiger partial charge in [0, 0.05) is 25.2 Å². The van der Waals surface area contributed by atoms with Gasteiger partial charge in [0.2, 0.25) is 5.91 Å². The summed E-state index contributed by atoms with van der Waals surface area (Å²) in [5.74, 6) is -1.20. The van der Waals surface area contributed by atoms with Gasteiger partial charge >= 0.3 is 5.97 Å². The maximum absolute atomic E-state index is 12.9. The largest absolute Gasteiger partial charge is 0.455 e. The molecule has 0 spiro atoms. The smallest absolute Gasteiger partial charge is 0.320 e. The second-order valence-corrected chi connectivity index (χ2v) is 8.62. The van der Waals surface area contributed by atoms with Gasteiger partial charge in [-0.2, -0.15) is 0 Å². The Labute approximate surface area is 199 Å². The van der Waals surface area contributed by atoms with Crippen LogP contribution in [0.4, 0.5) is 0 Å². The molecule has 34 heavy (non-hydrogen) atoms. The van der Waals surface area contributed by atoms with E-state index in [-0.39, 0.29) is 18.4 Å². The van der Waals surface area contributed by atoms with Gasteiger partial charge in [-0.1, -0.05) is 48.5 Å². The van der Waals surface area contributed by atoms with Gasteiger partial charge in [-0.25, -0.2) is 0 Å². The minimum atomic E-state index is -0.533. The summed E-state index contributed by atoms with van der Waals surface area (Å²) in [6.07, 6.45) is 0.971. The zero-order valence-corrected chi connectivity index (χ0v) is 19.2. The summed E-state index contributed by atoms with van der Waals surface area (Å²) in [4.78, 5) is 42.1. The molecule has 0 aliphatic carbocycles. The molecule has 0 aromatic heterocycles. The molecule has 2 atom stereocenters. The van der Waals surface area contributed by atoms with Crippen LogP contribution in [-0.2, 0) is 19.1 Å². The number of hydrogen-bond donors (Lipinski definition) is 1. The standard InChI is InChI=1S/C26H31N3O5/c30-24(34-23(20-8-3-1-4-9-20)18-28-14-16-33-17-15-28)19-29-13-7-12-22(29)26(32)27-25(31)21-10-5-2-6-11-21/h1-6,8-11,22-23H,7,12-19H2,(H,27,31,32)/t22-,23?/m1/s1. The van der Waals surface area contributed by atoms with E-state index in [0.29, 0.717) is 38.3 Å². The fraction of sp³-hybridized carbons (Fsp3) is 0.423. The molecule has 0 radical (unpaired) electrons. The van der Waals surface area contributed by atoms with E-state index in [2.05, 4.69) is 10.2 Å². The Morgan fingerprint density at radius 1 is 0.971 bits per heavy atom. The van der Waals surface area contributed by atoms with Crippen LogP contribution in [0.3, 0.4) is 0 Å². The van der Waals surface area contributed by atoms with Gasteiger partial charge in [0.25, 0.3) is 5.91 Å². The molecule has 2 amide bonds. The molecule has 0 bridgehead atoms. The number of carbonyl (C=O) groups excluding carboxylic acids is 3. The SMILES string of the molecule is O=C(CN1CCC[C@@H]1C(=O)NC(=O)c1ccccc1)OC(CN1CCOCC1)c1ccccc1. The number of benzene rings is 2. The number of morpholine rings is 1. The van der Waals surface area contributed by atoms with Crippen LogP contribution in [0.5, 0.6) is 0 Å². The first-order valence-electron chi connectivity index (χ1n) is 11.8. The number of nitrogens with zero attached hydrogens (tertiary/aromatic N) is 2. The van der Waals surface area contributed by atoms with Crippen LogP contribution in [0.15, 0.2) is 60.7 Å². The van der Waals surface area contributed by atoms with Gasteiger partial charge < -0.3 is 9.47 Å². The van der Waals surface area contributed by atoms with Crippen LogP contribution in [0.2, 0.25) is 0 Å². The van der Waals surface area contributed by atoms with Gasteiger partial charge in [0.05, 0.1) is 25.8 Å². The molecule has 8 nitrogen and oxygen atoms in total. The molecule has 4 rings (SSSR count). The summed E-state index contributed by atoms with van der Waals surface area (Å²) in [5.41, 5.74) is 1.36. The van der Waals surface area contributed by atoms with E-state index in [1.165, 1.54) is 0 Å². The third kappa shape index (κ3) is 6.50. The van der Waals surface area contributed by atoms with Crippen LogP contribution >= 0.6 is 0 Å². The first kappa shape index (κ1) is 24.1. The number of rotatable bonds is 8. The molecular formula is C26H31N3O5. The lowest BCUT2D eigenvalue weighted by Crippen LogP contribution is -2.47. The van der Waals surface area contributed by atoms with E-state index in [1.54, 1.807) is 29.2 Å². The highest BCUT2D eigenvalue weighted by Crippen LogP contribution is 2.22. The van der Waals surface area contributed by atoms with Gasteiger partial charge in [0.15, 0.2) is 0 Å². The number of esters is 1. The Kier molecular flexibility index (Phi) is 8.41. The molecule has 2 saturated heterocycles. The number of nitrogens with one attached hydrogen (secondary N) is 1. The predicted octanol–water partition coefficient (Wildman–Crippen LogP) is 2.02. The van der Waals surface area contributed by atoms with Crippen molar-refractivity contribution in [1.29, 1.82) is 0 Å². The Hall–Kier alpha value is -3.07. The number of likely N-dealkylation sites (tertiary alicyclic amines) is 1. The van der Waals surface area contributed by atoms with Gasteiger partial charge in [-0.3, -0.25) is 29.5 Å². The summed E-state index contributed by atoms with van der Waals surface area (Å²) in [7, 11) is 0. The first-order chi connectivity index (χ1) is 16.6. The zero-order chi connectivity index (χ0) is 23.8. The number of amides is 2.